The fraction of sp³-hybridized carbons (Fsp3) is 0.500. The monoisotopic (exact) mass is 484 g/mol. The summed E-state index contributed by atoms with van der Waals surface area (Å²) in [5, 5.41) is 3.06. The summed E-state index contributed by atoms with van der Waals surface area (Å²) >= 11 is 1.60. The molecule has 1 N–H and O–H groups in total. The van der Waals surface area contributed by atoms with Crippen molar-refractivity contribution >= 4 is 29.4 Å². The van der Waals surface area contributed by atoms with Crippen molar-refractivity contribution in [3.8, 4) is 5.75 Å². The van der Waals surface area contributed by atoms with Gasteiger partial charge in [-0.15, -0.1) is 0 Å². The molecule has 0 spiro atoms. The Hall–Kier alpha value is -2.47. The Kier molecular flexibility index (Phi) is 13.2. The molecule has 0 atom stereocenters. The Morgan fingerprint density at radius 3 is 2.29 bits per heavy atom. The predicted octanol–water partition coefficient (Wildman–Crippen LogP) is 7.83. The standard InChI is InChI=1S/C28H40N2O3S/c1-4-7-9-10-11-21-30(28(32)29-20-8-5-2)23-16-18-25(19-17-23)34-26-15-12-14-24(22-26)33-27(31)13-6-3/h12,14-19,22H,4-11,13,20-21H2,1-3H3,(H,29,32). The molecular weight excluding hydrogens is 444 g/mol. The Morgan fingerprint density at radius 1 is 0.853 bits per heavy atom. The van der Waals surface area contributed by atoms with E-state index in [2.05, 4.69) is 19.2 Å². The van der Waals surface area contributed by atoms with Gasteiger partial charge in [0.2, 0.25) is 0 Å². The van der Waals surface area contributed by atoms with Crippen LogP contribution in [0.4, 0.5) is 10.5 Å². The lowest BCUT2D eigenvalue weighted by Crippen LogP contribution is -2.41. The van der Waals surface area contributed by atoms with Crippen molar-refractivity contribution in [1.29, 1.82) is 0 Å². The number of hydrogen-bond acceptors (Lipinski definition) is 4. The fourth-order valence-electron chi connectivity index (χ4n) is 3.51. The van der Waals surface area contributed by atoms with Gasteiger partial charge in [0, 0.05) is 35.0 Å². The molecule has 34 heavy (non-hydrogen) atoms. The van der Waals surface area contributed by atoms with E-state index in [9.17, 15) is 9.59 Å². The highest BCUT2D eigenvalue weighted by Crippen LogP contribution is 2.31. The number of amides is 2. The molecule has 6 heteroatoms. The second-order valence-electron chi connectivity index (χ2n) is 8.45. The zero-order valence-corrected chi connectivity index (χ0v) is 21.8. The summed E-state index contributed by atoms with van der Waals surface area (Å²) < 4.78 is 5.41. The van der Waals surface area contributed by atoms with Gasteiger partial charge >= 0.3 is 12.0 Å². The Balaban J connectivity index is 2.03. The molecule has 2 rings (SSSR count). The van der Waals surface area contributed by atoms with E-state index < -0.39 is 0 Å². The number of carbonyl (C=O) groups excluding carboxylic acids is 2. The Bertz CT molecular complexity index is 870. The first-order valence-corrected chi connectivity index (χ1v) is 13.5. The van der Waals surface area contributed by atoms with Gasteiger partial charge in [-0.2, -0.15) is 0 Å². The number of esters is 1. The lowest BCUT2D eigenvalue weighted by atomic mass is 10.1. The summed E-state index contributed by atoms with van der Waals surface area (Å²) in [5.41, 5.74) is 0.913. The maximum absolute atomic E-state index is 12.9. The minimum atomic E-state index is -0.207. The van der Waals surface area contributed by atoms with Crippen molar-refractivity contribution in [1.82, 2.24) is 5.32 Å². The number of urea groups is 1. The summed E-state index contributed by atoms with van der Waals surface area (Å²) in [6.07, 6.45) is 9.04. The normalized spacial score (nSPS) is 10.7. The molecule has 0 saturated heterocycles. The third-order valence-electron chi connectivity index (χ3n) is 5.41. The van der Waals surface area contributed by atoms with Crippen molar-refractivity contribution in [2.45, 2.75) is 88.3 Å². The predicted molar refractivity (Wildman–Crippen MR) is 142 cm³/mol. The number of rotatable bonds is 15. The lowest BCUT2D eigenvalue weighted by molar-refractivity contribution is -0.134. The maximum atomic E-state index is 12.9. The van der Waals surface area contributed by atoms with Gasteiger partial charge in [0.15, 0.2) is 0 Å². The van der Waals surface area contributed by atoms with Gasteiger partial charge in [-0.05, 0) is 61.7 Å². The van der Waals surface area contributed by atoms with Gasteiger partial charge in [-0.1, -0.05) is 70.7 Å². The summed E-state index contributed by atoms with van der Waals surface area (Å²) in [7, 11) is 0. The average Bonchev–Trinajstić information content (AvgIpc) is 2.82. The molecule has 0 fully saturated rings. The van der Waals surface area contributed by atoms with Crippen LogP contribution in [0.25, 0.3) is 0 Å². The second kappa shape index (κ2) is 16.2. The summed E-state index contributed by atoms with van der Waals surface area (Å²) in [5.74, 6) is 0.360. The lowest BCUT2D eigenvalue weighted by Gasteiger charge is -2.23. The van der Waals surface area contributed by atoms with E-state index in [1.54, 1.807) is 17.8 Å². The Labute approximate surface area is 209 Å². The van der Waals surface area contributed by atoms with Crippen molar-refractivity contribution in [3.05, 3.63) is 48.5 Å². The van der Waals surface area contributed by atoms with Crippen LogP contribution in [-0.4, -0.2) is 25.1 Å². The molecule has 5 nitrogen and oxygen atoms in total. The van der Waals surface area contributed by atoms with E-state index in [4.69, 9.17) is 4.74 Å². The summed E-state index contributed by atoms with van der Waals surface area (Å²) in [6, 6.07) is 15.7. The van der Waals surface area contributed by atoms with Gasteiger partial charge in [0.1, 0.15) is 5.75 Å². The zero-order valence-electron chi connectivity index (χ0n) is 21.0. The fourth-order valence-corrected chi connectivity index (χ4v) is 4.37. The van der Waals surface area contributed by atoms with Crippen LogP contribution >= 0.6 is 11.8 Å². The first kappa shape index (κ1) is 27.8. The van der Waals surface area contributed by atoms with E-state index in [0.717, 1.165) is 54.1 Å². The molecular formula is C28H40N2O3S. The van der Waals surface area contributed by atoms with Crippen molar-refractivity contribution in [2.24, 2.45) is 0 Å². The zero-order chi connectivity index (χ0) is 24.6. The van der Waals surface area contributed by atoms with E-state index in [1.807, 2.05) is 54.3 Å². The molecule has 0 unspecified atom stereocenters. The second-order valence-corrected chi connectivity index (χ2v) is 9.59. The molecule has 0 heterocycles. The van der Waals surface area contributed by atoms with Crippen molar-refractivity contribution in [3.63, 3.8) is 0 Å². The summed E-state index contributed by atoms with van der Waals surface area (Å²) in [4.78, 5) is 28.6. The van der Waals surface area contributed by atoms with E-state index in [0.29, 0.717) is 18.7 Å². The van der Waals surface area contributed by atoms with E-state index >= 15 is 0 Å². The highest BCUT2D eigenvalue weighted by Gasteiger charge is 2.15. The number of ether oxygens (including phenoxy) is 1. The van der Waals surface area contributed by atoms with Crippen LogP contribution in [0.2, 0.25) is 0 Å². The van der Waals surface area contributed by atoms with E-state index in [-0.39, 0.29) is 12.0 Å². The minimum absolute atomic E-state index is 0.0223. The number of nitrogens with zero attached hydrogens (tertiary/aromatic N) is 1. The molecule has 0 aliphatic rings. The van der Waals surface area contributed by atoms with Crippen LogP contribution < -0.4 is 15.0 Å². The van der Waals surface area contributed by atoms with Crippen LogP contribution in [0.5, 0.6) is 5.75 Å². The highest BCUT2D eigenvalue weighted by molar-refractivity contribution is 7.99. The molecule has 2 amide bonds. The van der Waals surface area contributed by atoms with Crippen LogP contribution in [0.15, 0.2) is 58.3 Å². The first-order chi connectivity index (χ1) is 16.6. The topological polar surface area (TPSA) is 58.6 Å². The van der Waals surface area contributed by atoms with Crippen LogP contribution in [-0.2, 0) is 4.79 Å². The van der Waals surface area contributed by atoms with Crippen molar-refractivity contribution < 1.29 is 14.3 Å². The van der Waals surface area contributed by atoms with Gasteiger partial charge in [-0.3, -0.25) is 9.69 Å². The number of hydrogen-bond donors (Lipinski definition) is 1. The molecule has 0 saturated carbocycles. The first-order valence-electron chi connectivity index (χ1n) is 12.7. The van der Waals surface area contributed by atoms with Crippen LogP contribution in [0.3, 0.4) is 0 Å². The molecule has 0 aliphatic carbocycles. The van der Waals surface area contributed by atoms with Gasteiger partial charge in [-0.25, -0.2) is 4.79 Å². The smallest absolute Gasteiger partial charge is 0.321 e. The quantitative estimate of drug-likeness (QED) is 0.159. The van der Waals surface area contributed by atoms with Gasteiger partial charge < -0.3 is 10.1 Å². The summed E-state index contributed by atoms with van der Waals surface area (Å²) in [6.45, 7) is 7.72. The number of nitrogens with one attached hydrogen (secondary N) is 1. The maximum Gasteiger partial charge on any atom is 0.321 e. The van der Waals surface area contributed by atoms with E-state index in [1.165, 1.54) is 19.3 Å². The molecule has 2 aromatic carbocycles. The highest BCUT2D eigenvalue weighted by atomic mass is 32.2. The number of anilines is 1. The van der Waals surface area contributed by atoms with Gasteiger partial charge in [0.05, 0.1) is 0 Å². The molecule has 186 valence electrons. The molecule has 0 aromatic heterocycles. The third kappa shape index (κ3) is 10.2. The molecule has 0 radical (unpaired) electrons. The van der Waals surface area contributed by atoms with Crippen molar-refractivity contribution in [2.75, 3.05) is 18.0 Å². The largest absolute Gasteiger partial charge is 0.426 e. The minimum Gasteiger partial charge on any atom is -0.426 e. The SMILES string of the molecule is CCCCCCCN(C(=O)NCCCC)c1ccc(Sc2cccc(OC(=O)CCC)c2)cc1. The third-order valence-corrected chi connectivity index (χ3v) is 6.41. The van der Waals surface area contributed by atoms with Crippen LogP contribution in [0, 0.1) is 0 Å². The number of unbranched alkanes of at least 4 members (excludes halogenated alkanes) is 5. The number of carbonyl (C=O) groups is 2. The van der Waals surface area contributed by atoms with Crippen LogP contribution in [0.1, 0.15) is 78.6 Å². The van der Waals surface area contributed by atoms with Gasteiger partial charge in [0.25, 0.3) is 0 Å². The number of benzene rings is 2. The molecule has 2 aromatic rings. The molecule has 0 aliphatic heterocycles. The average molecular weight is 485 g/mol. The molecule has 0 bridgehead atoms. The Morgan fingerprint density at radius 2 is 1.59 bits per heavy atom.